The summed E-state index contributed by atoms with van der Waals surface area (Å²) in [6.07, 6.45) is 4.68. The second-order valence-corrected chi connectivity index (χ2v) is 6.61. The maximum absolute atomic E-state index is 13.4. The summed E-state index contributed by atoms with van der Waals surface area (Å²) < 4.78 is 19.0. The number of benzene rings is 1. The van der Waals surface area contributed by atoms with Gasteiger partial charge in [0.2, 0.25) is 5.91 Å². The van der Waals surface area contributed by atoms with Gasteiger partial charge in [-0.15, -0.1) is 12.4 Å². The van der Waals surface area contributed by atoms with Crippen LogP contribution in [0, 0.1) is 11.7 Å². The van der Waals surface area contributed by atoms with Crippen LogP contribution < -0.4 is 5.32 Å². The number of hydrogen-bond donors (Lipinski definition) is 1. The molecule has 1 atom stereocenters. The van der Waals surface area contributed by atoms with E-state index < -0.39 is 0 Å². The Morgan fingerprint density at radius 3 is 2.83 bits per heavy atom. The van der Waals surface area contributed by atoms with E-state index >= 15 is 0 Å². The van der Waals surface area contributed by atoms with Crippen molar-refractivity contribution in [2.24, 2.45) is 5.92 Å². The van der Waals surface area contributed by atoms with Crippen LogP contribution >= 0.6 is 12.4 Å². The molecule has 0 bridgehead atoms. The highest BCUT2D eigenvalue weighted by Crippen LogP contribution is 2.27. The Morgan fingerprint density at radius 1 is 1.33 bits per heavy atom. The number of nitrogens with zero attached hydrogens (tertiary/aromatic N) is 1. The van der Waals surface area contributed by atoms with Crippen molar-refractivity contribution in [2.75, 3.05) is 26.2 Å². The molecule has 0 spiro atoms. The van der Waals surface area contributed by atoms with Crippen molar-refractivity contribution >= 4 is 18.3 Å². The molecule has 1 saturated heterocycles. The quantitative estimate of drug-likeness (QED) is 0.778. The van der Waals surface area contributed by atoms with E-state index in [4.69, 9.17) is 4.74 Å². The number of amides is 1. The van der Waals surface area contributed by atoms with E-state index in [1.807, 2.05) is 6.07 Å². The Balaban J connectivity index is 0.00000208. The fourth-order valence-corrected chi connectivity index (χ4v) is 2.96. The van der Waals surface area contributed by atoms with Gasteiger partial charge in [-0.05, 0) is 55.8 Å². The molecule has 1 aromatic carbocycles. The molecule has 1 unspecified atom stereocenters. The fraction of sp³-hybridized carbons (Fsp3) is 0.611. The molecule has 1 N–H and O–H groups in total. The van der Waals surface area contributed by atoms with Crippen LogP contribution in [-0.4, -0.2) is 43.2 Å². The summed E-state index contributed by atoms with van der Waals surface area (Å²) in [5.74, 6) is 0.543. The molecule has 1 heterocycles. The van der Waals surface area contributed by atoms with Gasteiger partial charge < -0.3 is 15.0 Å². The minimum Gasteiger partial charge on any atom is -0.376 e. The maximum Gasteiger partial charge on any atom is 0.236 e. The van der Waals surface area contributed by atoms with Crippen LogP contribution in [0.25, 0.3) is 0 Å². The molecular weight excluding hydrogens is 331 g/mol. The number of rotatable bonds is 8. The van der Waals surface area contributed by atoms with E-state index in [9.17, 15) is 9.18 Å². The predicted octanol–water partition coefficient (Wildman–Crippen LogP) is 2.75. The van der Waals surface area contributed by atoms with E-state index in [1.165, 1.54) is 25.0 Å². The standard InChI is InChI=1S/C18H25FN2O2.ClH/c19-16-4-1-3-15(9-16)12-21(13-17-5-2-8-23-17)18(22)11-20-10-14-6-7-14;/h1,3-4,9,14,17,20H,2,5-8,10-13H2;1H. The van der Waals surface area contributed by atoms with Crippen LogP contribution in [0.4, 0.5) is 4.39 Å². The lowest BCUT2D eigenvalue weighted by Crippen LogP contribution is -2.42. The van der Waals surface area contributed by atoms with Crippen molar-refractivity contribution in [3.8, 4) is 0 Å². The van der Waals surface area contributed by atoms with Crippen molar-refractivity contribution in [1.29, 1.82) is 0 Å². The van der Waals surface area contributed by atoms with Crippen LogP contribution in [0.3, 0.4) is 0 Å². The first-order chi connectivity index (χ1) is 11.2. The van der Waals surface area contributed by atoms with E-state index in [0.29, 0.717) is 19.6 Å². The van der Waals surface area contributed by atoms with Crippen molar-refractivity contribution < 1.29 is 13.9 Å². The molecule has 24 heavy (non-hydrogen) atoms. The molecule has 3 rings (SSSR count). The topological polar surface area (TPSA) is 41.6 Å². The summed E-state index contributed by atoms with van der Waals surface area (Å²) in [6.45, 7) is 3.05. The highest BCUT2D eigenvalue weighted by molar-refractivity contribution is 5.85. The van der Waals surface area contributed by atoms with Crippen LogP contribution in [0.5, 0.6) is 0 Å². The minimum atomic E-state index is -0.265. The van der Waals surface area contributed by atoms with E-state index in [-0.39, 0.29) is 30.2 Å². The van der Waals surface area contributed by atoms with E-state index in [1.54, 1.807) is 11.0 Å². The Morgan fingerprint density at radius 2 is 2.17 bits per heavy atom. The largest absolute Gasteiger partial charge is 0.376 e. The van der Waals surface area contributed by atoms with Gasteiger partial charge in [-0.25, -0.2) is 4.39 Å². The van der Waals surface area contributed by atoms with Crippen LogP contribution in [0.15, 0.2) is 24.3 Å². The Bertz CT molecular complexity index is 534. The lowest BCUT2D eigenvalue weighted by molar-refractivity contribution is -0.132. The number of carbonyl (C=O) groups excluding carboxylic acids is 1. The van der Waals surface area contributed by atoms with Crippen LogP contribution in [-0.2, 0) is 16.1 Å². The van der Waals surface area contributed by atoms with Crippen molar-refractivity contribution in [2.45, 2.75) is 38.3 Å². The summed E-state index contributed by atoms with van der Waals surface area (Å²) in [4.78, 5) is 14.3. The van der Waals surface area contributed by atoms with Gasteiger partial charge in [0.1, 0.15) is 5.82 Å². The van der Waals surface area contributed by atoms with Gasteiger partial charge in [0.25, 0.3) is 0 Å². The van der Waals surface area contributed by atoms with Crippen LogP contribution in [0.2, 0.25) is 0 Å². The summed E-state index contributed by atoms with van der Waals surface area (Å²) in [6, 6.07) is 6.46. The fourth-order valence-electron chi connectivity index (χ4n) is 2.96. The van der Waals surface area contributed by atoms with Crippen molar-refractivity contribution in [1.82, 2.24) is 10.2 Å². The number of hydrogen-bond acceptors (Lipinski definition) is 3. The Hall–Kier alpha value is -1.17. The average molecular weight is 357 g/mol. The lowest BCUT2D eigenvalue weighted by Gasteiger charge is -2.26. The summed E-state index contributed by atoms with van der Waals surface area (Å²) >= 11 is 0. The van der Waals surface area contributed by atoms with Crippen molar-refractivity contribution in [3.05, 3.63) is 35.6 Å². The second-order valence-electron chi connectivity index (χ2n) is 6.61. The molecular formula is C18H26ClFN2O2. The molecule has 0 radical (unpaired) electrons. The van der Waals surface area contributed by atoms with E-state index in [0.717, 1.165) is 37.5 Å². The molecule has 2 aliphatic rings. The van der Waals surface area contributed by atoms with Gasteiger partial charge in [0.05, 0.1) is 12.6 Å². The first-order valence-electron chi connectivity index (χ1n) is 8.55. The number of nitrogens with one attached hydrogen (secondary N) is 1. The van der Waals surface area contributed by atoms with Gasteiger partial charge >= 0.3 is 0 Å². The number of carbonyl (C=O) groups is 1. The highest BCUT2D eigenvalue weighted by atomic mass is 35.5. The molecule has 1 amide bonds. The average Bonchev–Trinajstić information content (AvgIpc) is 3.21. The number of halogens is 2. The molecule has 6 heteroatoms. The SMILES string of the molecule is Cl.O=C(CNCC1CC1)N(Cc1cccc(F)c1)CC1CCCO1. The van der Waals surface area contributed by atoms with Crippen LogP contribution in [0.1, 0.15) is 31.2 Å². The zero-order valence-electron chi connectivity index (χ0n) is 13.9. The number of ether oxygens (including phenoxy) is 1. The summed E-state index contributed by atoms with van der Waals surface area (Å²) in [5, 5.41) is 3.24. The highest BCUT2D eigenvalue weighted by Gasteiger charge is 2.24. The van der Waals surface area contributed by atoms with Gasteiger partial charge in [0, 0.05) is 19.7 Å². The normalized spacial score (nSPS) is 19.8. The first-order valence-corrected chi connectivity index (χ1v) is 8.55. The Labute approximate surface area is 149 Å². The minimum absolute atomic E-state index is 0. The van der Waals surface area contributed by atoms with Crippen molar-refractivity contribution in [3.63, 3.8) is 0 Å². The zero-order valence-corrected chi connectivity index (χ0v) is 14.7. The first kappa shape index (κ1) is 19.2. The lowest BCUT2D eigenvalue weighted by atomic mass is 10.1. The van der Waals surface area contributed by atoms with Gasteiger partial charge in [-0.3, -0.25) is 4.79 Å². The molecule has 2 fully saturated rings. The van der Waals surface area contributed by atoms with Gasteiger partial charge in [0.15, 0.2) is 0 Å². The van der Waals surface area contributed by atoms with Gasteiger partial charge in [-0.2, -0.15) is 0 Å². The molecule has 1 aliphatic carbocycles. The zero-order chi connectivity index (χ0) is 16.1. The molecule has 134 valence electrons. The van der Waals surface area contributed by atoms with Gasteiger partial charge in [-0.1, -0.05) is 12.1 Å². The smallest absolute Gasteiger partial charge is 0.236 e. The molecule has 0 aromatic heterocycles. The maximum atomic E-state index is 13.4. The Kier molecular flexibility index (Phi) is 7.46. The van der Waals surface area contributed by atoms with E-state index in [2.05, 4.69) is 5.32 Å². The molecule has 1 aliphatic heterocycles. The molecule has 1 aromatic rings. The second kappa shape index (κ2) is 9.35. The predicted molar refractivity (Wildman–Crippen MR) is 93.6 cm³/mol. The summed E-state index contributed by atoms with van der Waals surface area (Å²) in [7, 11) is 0. The monoisotopic (exact) mass is 356 g/mol. The molecule has 1 saturated carbocycles. The molecule has 4 nitrogen and oxygen atoms in total. The third kappa shape index (κ3) is 6.04. The third-order valence-electron chi connectivity index (χ3n) is 4.47. The summed E-state index contributed by atoms with van der Waals surface area (Å²) in [5.41, 5.74) is 0.818. The third-order valence-corrected chi connectivity index (χ3v) is 4.47.